The summed E-state index contributed by atoms with van der Waals surface area (Å²) in [7, 11) is 0. The van der Waals surface area contributed by atoms with Gasteiger partial charge in [0.25, 0.3) is 0 Å². The van der Waals surface area contributed by atoms with Gasteiger partial charge in [0.15, 0.2) is 0 Å². The summed E-state index contributed by atoms with van der Waals surface area (Å²) in [6.45, 7) is 0.326. The molecule has 0 amide bonds. The topological polar surface area (TPSA) is 78.8 Å². The lowest BCUT2D eigenvalue weighted by Gasteiger charge is -2.17. The molecular weight excluding hydrogens is 210 g/mol. The van der Waals surface area contributed by atoms with Gasteiger partial charge in [-0.05, 0) is 12.1 Å². The van der Waals surface area contributed by atoms with E-state index < -0.39 is 24.2 Å². The highest BCUT2D eigenvalue weighted by Crippen LogP contribution is 2.17. The van der Waals surface area contributed by atoms with Crippen LogP contribution in [0.1, 0.15) is 0 Å². The maximum Gasteiger partial charge on any atom is 0.323 e. The Bertz CT molecular complexity index is 368. The van der Waals surface area contributed by atoms with Crippen molar-refractivity contribution in [3.8, 4) is 5.75 Å². The molecule has 0 saturated carbocycles. The summed E-state index contributed by atoms with van der Waals surface area (Å²) in [6.07, 6.45) is -1.55. The molecule has 86 valence electrons. The van der Waals surface area contributed by atoms with Crippen LogP contribution in [0, 0.1) is 0 Å². The van der Waals surface area contributed by atoms with Crippen molar-refractivity contribution < 1.29 is 19.7 Å². The summed E-state index contributed by atoms with van der Waals surface area (Å²) in [5.41, 5.74) is 0. The predicted octanol–water partition coefficient (Wildman–Crippen LogP) is -0.149. The first kappa shape index (κ1) is 10.9. The number of para-hydroxylation sites is 1. The van der Waals surface area contributed by atoms with Gasteiger partial charge in [0, 0.05) is 6.54 Å². The second kappa shape index (κ2) is 4.51. The standard InChI is InChI=1S/C11H13NO4/c13-10-8(6-12-9(10)11(14)15)16-7-4-2-1-3-5-7/h1-5,8-10,12-13H,6H2,(H,14,15)/t8-,9+,10-/m1/s1. The Kier molecular flexibility index (Phi) is 3.07. The first-order valence-electron chi connectivity index (χ1n) is 5.04. The molecule has 1 aliphatic heterocycles. The molecule has 0 spiro atoms. The minimum absolute atomic E-state index is 0.326. The number of carbonyl (C=O) groups is 1. The number of aliphatic hydroxyl groups excluding tert-OH is 1. The molecule has 5 nitrogen and oxygen atoms in total. The second-order valence-electron chi connectivity index (χ2n) is 3.68. The summed E-state index contributed by atoms with van der Waals surface area (Å²) in [6, 6.07) is 8.07. The lowest BCUT2D eigenvalue weighted by Crippen LogP contribution is -2.41. The Hall–Kier alpha value is -1.59. The number of carboxylic acids is 1. The van der Waals surface area contributed by atoms with Crippen molar-refractivity contribution in [3.63, 3.8) is 0 Å². The number of benzene rings is 1. The zero-order valence-electron chi connectivity index (χ0n) is 8.54. The van der Waals surface area contributed by atoms with Gasteiger partial charge in [0.1, 0.15) is 24.0 Å². The Morgan fingerprint density at radius 2 is 2.06 bits per heavy atom. The molecule has 5 heteroatoms. The molecule has 0 unspecified atom stereocenters. The molecule has 2 rings (SSSR count). The number of aliphatic carboxylic acids is 1. The van der Waals surface area contributed by atoms with Gasteiger partial charge < -0.3 is 14.9 Å². The van der Waals surface area contributed by atoms with Crippen LogP contribution in [0.5, 0.6) is 5.75 Å². The molecule has 16 heavy (non-hydrogen) atoms. The summed E-state index contributed by atoms with van der Waals surface area (Å²) < 4.78 is 5.49. The molecule has 3 atom stereocenters. The fraction of sp³-hybridized carbons (Fsp3) is 0.364. The van der Waals surface area contributed by atoms with Crippen LogP contribution in [0.4, 0.5) is 0 Å². The number of hydrogen-bond acceptors (Lipinski definition) is 4. The Morgan fingerprint density at radius 1 is 1.38 bits per heavy atom. The van der Waals surface area contributed by atoms with Crippen LogP contribution < -0.4 is 10.1 Å². The van der Waals surface area contributed by atoms with E-state index in [1.54, 1.807) is 12.1 Å². The van der Waals surface area contributed by atoms with Crippen molar-refractivity contribution in [3.05, 3.63) is 30.3 Å². The van der Waals surface area contributed by atoms with E-state index in [1.807, 2.05) is 18.2 Å². The summed E-state index contributed by atoms with van der Waals surface area (Å²) in [5.74, 6) is -0.439. The monoisotopic (exact) mass is 223 g/mol. The molecule has 1 fully saturated rings. The van der Waals surface area contributed by atoms with Crippen molar-refractivity contribution in [2.75, 3.05) is 6.54 Å². The first-order chi connectivity index (χ1) is 7.68. The third kappa shape index (κ3) is 2.15. The maximum absolute atomic E-state index is 10.7. The van der Waals surface area contributed by atoms with Gasteiger partial charge in [0.2, 0.25) is 0 Å². The normalized spacial score (nSPS) is 28.9. The highest BCUT2D eigenvalue weighted by molar-refractivity contribution is 5.75. The SMILES string of the molecule is O=C(O)[C@H]1NC[C@@H](Oc2ccccc2)[C@H]1O. The Morgan fingerprint density at radius 3 is 2.62 bits per heavy atom. The van der Waals surface area contributed by atoms with E-state index in [2.05, 4.69) is 5.32 Å². The zero-order valence-corrected chi connectivity index (χ0v) is 8.54. The fourth-order valence-electron chi connectivity index (χ4n) is 1.72. The average Bonchev–Trinajstić information content (AvgIpc) is 2.62. The van der Waals surface area contributed by atoms with Crippen molar-refractivity contribution in [2.24, 2.45) is 0 Å². The van der Waals surface area contributed by atoms with Crippen molar-refractivity contribution in [1.82, 2.24) is 5.32 Å². The molecule has 1 saturated heterocycles. The van der Waals surface area contributed by atoms with E-state index in [0.29, 0.717) is 12.3 Å². The fourth-order valence-corrected chi connectivity index (χ4v) is 1.72. The van der Waals surface area contributed by atoms with Crippen LogP contribution in [0.2, 0.25) is 0 Å². The highest BCUT2D eigenvalue weighted by atomic mass is 16.5. The van der Waals surface area contributed by atoms with E-state index >= 15 is 0 Å². The van der Waals surface area contributed by atoms with Gasteiger partial charge in [-0.15, -0.1) is 0 Å². The van der Waals surface area contributed by atoms with Crippen LogP contribution in [0.25, 0.3) is 0 Å². The number of rotatable bonds is 3. The van der Waals surface area contributed by atoms with E-state index in [-0.39, 0.29) is 0 Å². The number of hydrogen-bond donors (Lipinski definition) is 3. The van der Waals surface area contributed by atoms with E-state index in [0.717, 1.165) is 0 Å². The molecular formula is C11H13NO4. The Labute approximate surface area is 92.7 Å². The summed E-state index contributed by atoms with van der Waals surface area (Å²) >= 11 is 0. The molecule has 1 aromatic rings. The molecule has 1 aliphatic rings. The number of carboxylic acid groups (broad SMARTS) is 1. The number of ether oxygens (including phenoxy) is 1. The van der Waals surface area contributed by atoms with Gasteiger partial charge in [-0.25, -0.2) is 0 Å². The summed E-state index contributed by atoms with van der Waals surface area (Å²) in [5, 5.41) is 21.2. The van der Waals surface area contributed by atoms with E-state index in [4.69, 9.17) is 9.84 Å². The molecule has 3 N–H and O–H groups in total. The maximum atomic E-state index is 10.7. The predicted molar refractivity (Wildman–Crippen MR) is 56.3 cm³/mol. The highest BCUT2D eigenvalue weighted by Gasteiger charge is 2.40. The summed E-state index contributed by atoms with van der Waals surface area (Å²) in [4.78, 5) is 10.7. The third-order valence-electron chi connectivity index (χ3n) is 2.56. The molecule has 1 heterocycles. The van der Waals surface area contributed by atoms with Gasteiger partial charge in [-0.3, -0.25) is 10.1 Å². The largest absolute Gasteiger partial charge is 0.486 e. The number of nitrogens with one attached hydrogen (secondary N) is 1. The second-order valence-corrected chi connectivity index (χ2v) is 3.68. The van der Waals surface area contributed by atoms with Gasteiger partial charge >= 0.3 is 5.97 Å². The van der Waals surface area contributed by atoms with Gasteiger partial charge in [0.05, 0.1) is 0 Å². The lowest BCUT2D eigenvalue weighted by molar-refractivity contribution is -0.142. The molecule has 0 aliphatic carbocycles. The van der Waals surface area contributed by atoms with Crippen LogP contribution in [-0.2, 0) is 4.79 Å². The minimum atomic E-state index is -1.06. The van der Waals surface area contributed by atoms with Gasteiger partial charge in [-0.2, -0.15) is 0 Å². The quantitative estimate of drug-likeness (QED) is 0.664. The van der Waals surface area contributed by atoms with Crippen LogP contribution in [0.3, 0.4) is 0 Å². The molecule has 0 radical (unpaired) electrons. The first-order valence-corrected chi connectivity index (χ1v) is 5.04. The molecule has 0 bridgehead atoms. The average molecular weight is 223 g/mol. The lowest BCUT2D eigenvalue weighted by atomic mass is 10.1. The van der Waals surface area contributed by atoms with E-state index in [1.165, 1.54) is 0 Å². The number of aliphatic hydroxyl groups is 1. The van der Waals surface area contributed by atoms with E-state index in [9.17, 15) is 9.90 Å². The zero-order chi connectivity index (χ0) is 11.5. The Balaban J connectivity index is 2.00. The van der Waals surface area contributed by atoms with Crippen LogP contribution in [-0.4, -0.2) is 41.0 Å². The van der Waals surface area contributed by atoms with Crippen LogP contribution >= 0.6 is 0 Å². The van der Waals surface area contributed by atoms with Crippen molar-refractivity contribution in [2.45, 2.75) is 18.2 Å². The van der Waals surface area contributed by atoms with Crippen molar-refractivity contribution >= 4 is 5.97 Å². The minimum Gasteiger partial charge on any atom is -0.486 e. The smallest absolute Gasteiger partial charge is 0.323 e. The molecule has 1 aromatic carbocycles. The molecule has 0 aromatic heterocycles. The van der Waals surface area contributed by atoms with Crippen molar-refractivity contribution in [1.29, 1.82) is 0 Å². The van der Waals surface area contributed by atoms with Gasteiger partial charge in [-0.1, -0.05) is 18.2 Å². The third-order valence-corrected chi connectivity index (χ3v) is 2.56. The van der Waals surface area contributed by atoms with Crippen LogP contribution in [0.15, 0.2) is 30.3 Å².